The van der Waals surface area contributed by atoms with Gasteiger partial charge in [-0.1, -0.05) is 59.0 Å². The van der Waals surface area contributed by atoms with E-state index in [2.05, 4.69) is 15.5 Å². The number of aliphatic imine (C=N–C) groups is 1. The number of anilines is 1. The van der Waals surface area contributed by atoms with Crippen LogP contribution in [-0.4, -0.2) is 27.7 Å². The number of rotatable bonds is 4. The monoisotopic (exact) mass is 333 g/mol. The van der Waals surface area contributed by atoms with E-state index in [1.165, 1.54) is 11.8 Å². The van der Waals surface area contributed by atoms with Gasteiger partial charge in [0, 0.05) is 11.8 Å². The number of carbonyl (C=O) groups is 1. The number of thioether (sulfide) groups is 2. The van der Waals surface area contributed by atoms with Crippen LogP contribution in [0.25, 0.3) is 0 Å². The molecular formula is C15H15N3O2S2. The van der Waals surface area contributed by atoms with Crippen molar-refractivity contribution >= 4 is 39.6 Å². The second-order valence-corrected chi connectivity index (χ2v) is 7.15. The van der Waals surface area contributed by atoms with E-state index in [1.807, 2.05) is 30.3 Å². The van der Waals surface area contributed by atoms with Crippen LogP contribution >= 0.6 is 23.5 Å². The van der Waals surface area contributed by atoms with E-state index in [-0.39, 0.29) is 11.2 Å². The van der Waals surface area contributed by atoms with E-state index in [0.717, 1.165) is 22.2 Å². The van der Waals surface area contributed by atoms with Gasteiger partial charge in [0.15, 0.2) is 5.82 Å². The minimum atomic E-state index is -0.359. The normalized spacial score (nSPS) is 15.4. The molecule has 1 aliphatic heterocycles. The van der Waals surface area contributed by atoms with E-state index in [4.69, 9.17) is 4.52 Å². The zero-order chi connectivity index (χ0) is 15.4. The third kappa shape index (κ3) is 3.72. The number of carbonyl (C=O) groups excluding carboxylic acids is 1. The molecule has 0 radical (unpaired) electrons. The average Bonchev–Trinajstić information content (AvgIpc) is 3.17. The summed E-state index contributed by atoms with van der Waals surface area (Å²) in [5.41, 5.74) is 0.945. The molecule has 2 aromatic rings. The van der Waals surface area contributed by atoms with Crippen molar-refractivity contribution in [3.05, 3.63) is 47.7 Å². The molecule has 2 heterocycles. The van der Waals surface area contributed by atoms with Crippen molar-refractivity contribution in [3.63, 3.8) is 0 Å². The van der Waals surface area contributed by atoms with Gasteiger partial charge in [-0.25, -0.2) is 0 Å². The van der Waals surface area contributed by atoms with Crippen LogP contribution in [0.1, 0.15) is 16.6 Å². The van der Waals surface area contributed by atoms with Crippen LogP contribution in [0.2, 0.25) is 0 Å². The fourth-order valence-corrected chi connectivity index (χ4v) is 4.18. The first kappa shape index (κ1) is 15.2. The van der Waals surface area contributed by atoms with Crippen molar-refractivity contribution in [2.45, 2.75) is 12.2 Å². The number of aromatic nitrogens is 1. The Morgan fingerprint density at radius 1 is 1.41 bits per heavy atom. The smallest absolute Gasteiger partial charge is 0.243 e. The highest BCUT2D eigenvalue weighted by molar-refractivity contribution is 8.39. The minimum Gasteiger partial charge on any atom is -0.360 e. The first-order valence-corrected chi connectivity index (χ1v) is 8.72. The molecule has 0 aliphatic carbocycles. The topological polar surface area (TPSA) is 67.5 Å². The zero-order valence-corrected chi connectivity index (χ0v) is 13.6. The summed E-state index contributed by atoms with van der Waals surface area (Å²) in [5, 5.41) is 6.26. The number of nitrogens with zero attached hydrogens (tertiary/aromatic N) is 2. The molecule has 1 N–H and O–H groups in total. The number of aryl methyl sites for hydroxylation is 1. The van der Waals surface area contributed by atoms with E-state index in [1.54, 1.807) is 24.8 Å². The summed E-state index contributed by atoms with van der Waals surface area (Å²) < 4.78 is 5.94. The highest BCUT2D eigenvalue weighted by Crippen LogP contribution is 2.36. The molecule has 1 amide bonds. The fraction of sp³-hybridized carbons (Fsp3) is 0.267. The zero-order valence-electron chi connectivity index (χ0n) is 12.0. The van der Waals surface area contributed by atoms with Gasteiger partial charge in [0.2, 0.25) is 5.91 Å². The molecule has 0 saturated heterocycles. The molecule has 7 heteroatoms. The van der Waals surface area contributed by atoms with Crippen LogP contribution in [0, 0.1) is 6.92 Å². The quantitative estimate of drug-likeness (QED) is 0.927. The van der Waals surface area contributed by atoms with Crippen molar-refractivity contribution in [2.75, 3.05) is 17.6 Å². The third-order valence-electron chi connectivity index (χ3n) is 3.00. The Balaban J connectivity index is 1.79. The number of amides is 1. The van der Waals surface area contributed by atoms with Gasteiger partial charge in [0.1, 0.15) is 15.4 Å². The van der Waals surface area contributed by atoms with Gasteiger partial charge in [-0.3, -0.25) is 9.79 Å². The maximum Gasteiger partial charge on any atom is 0.243 e. The number of benzene rings is 1. The molecule has 1 atom stereocenters. The average molecular weight is 333 g/mol. The first-order valence-electron chi connectivity index (χ1n) is 6.85. The summed E-state index contributed by atoms with van der Waals surface area (Å²) >= 11 is 3.17. The van der Waals surface area contributed by atoms with Crippen LogP contribution < -0.4 is 5.32 Å². The summed E-state index contributed by atoms with van der Waals surface area (Å²) in [6.07, 6.45) is 0. The lowest BCUT2D eigenvalue weighted by Gasteiger charge is -2.15. The largest absolute Gasteiger partial charge is 0.360 e. The maximum atomic E-state index is 12.6. The van der Waals surface area contributed by atoms with Crippen LogP contribution in [0.5, 0.6) is 0 Å². The Bertz CT molecular complexity index is 685. The SMILES string of the molecule is Cc1cc(NC(=O)[C@H](SC2=NCCS2)c2ccccc2)no1. The molecule has 0 bridgehead atoms. The Labute approximate surface area is 136 Å². The van der Waals surface area contributed by atoms with Crippen molar-refractivity contribution in [1.29, 1.82) is 0 Å². The summed E-state index contributed by atoms with van der Waals surface area (Å²) in [5.74, 6) is 1.95. The van der Waals surface area contributed by atoms with E-state index >= 15 is 0 Å². The van der Waals surface area contributed by atoms with Gasteiger partial charge in [-0.15, -0.1) is 0 Å². The van der Waals surface area contributed by atoms with Crippen LogP contribution in [0.15, 0.2) is 45.9 Å². The lowest BCUT2D eigenvalue weighted by atomic mass is 10.1. The molecule has 1 aromatic heterocycles. The standard InChI is InChI=1S/C15H15N3O2S2/c1-10-9-12(18-20-10)17-14(19)13(11-5-3-2-4-6-11)22-15-16-7-8-21-15/h2-6,9,13H,7-8H2,1H3,(H,17,18,19)/t13-/m1/s1. The molecule has 22 heavy (non-hydrogen) atoms. The second-order valence-electron chi connectivity index (χ2n) is 4.72. The Kier molecular flexibility index (Phi) is 4.84. The Morgan fingerprint density at radius 2 is 2.23 bits per heavy atom. The van der Waals surface area contributed by atoms with Gasteiger partial charge in [-0.2, -0.15) is 0 Å². The summed E-state index contributed by atoms with van der Waals surface area (Å²) in [6.45, 7) is 2.61. The molecule has 0 spiro atoms. The lowest BCUT2D eigenvalue weighted by Crippen LogP contribution is -2.20. The molecule has 0 fully saturated rings. The van der Waals surface area contributed by atoms with Gasteiger partial charge in [0.05, 0.1) is 6.54 Å². The molecule has 3 rings (SSSR count). The molecule has 5 nitrogen and oxygen atoms in total. The Morgan fingerprint density at radius 3 is 2.86 bits per heavy atom. The summed E-state index contributed by atoms with van der Waals surface area (Å²) in [4.78, 5) is 17.1. The Hall–Kier alpha value is -1.73. The predicted octanol–water partition coefficient (Wildman–Crippen LogP) is 3.50. The molecule has 1 aromatic carbocycles. The van der Waals surface area contributed by atoms with Crippen molar-refractivity contribution < 1.29 is 9.32 Å². The predicted molar refractivity (Wildman–Crippen MR) is 91.4 cm³/mol. The van der Waals surface area contributed by atoms with Gasteiger partial charge in [0.25, 0.3) is 0 Å². The second kappa shape index (κ2) is 7.02. The molecule has 0 unspecified atom stereocenters. The fourth-order valence-electron chi connectivity index (χ4n) is 2.01. The van der Waals surface area contributed by atoms with Crippen LogP contribution in [-0.2, 0) is 4.79 Å². The summed E-state index contributed by atoms with van der Waals surface area (Å²) in [7, 11) is 0. The van der Waals surface area contributed by atoms with Crippen molar-refractivity contribution in [1.82, 2.24) is 5.16 Å². The van der Waals surface area contributed by atoms with E-state index in [0.29, 0.717) is 11.6 Å². The van der Waals surface area contributed by atoms with Crippen LogP contribution in [0.4, 0.5) is 5.82 Å². The maximum absolute atomic E-state index is 12.6. The highest BCUT2D eigenvalue weighted by atomic mass is 32.2. The van der Waals surface area contributed by atoms with Crippen LogP contribution in [0.3, 0.4) is 0 Å². The first-order chi connectivity index (χ1) is 10.7. The minimum absolute atomic E-state index is 0.125. The van der Waals surface area contributed by atoms with Crippen molar-refractivity contribution in [2.24, 2.45) is 4.99 Å². The van der Waals surface area contributed by atoms with Gasteiger partial charge < -0.3 is 9.84 Å². The van der Waals surface area contributed by atoms with Gasteiger partial charge in [-0.05, 0) is 12.5 Å². The van der Waals surface area contributed by atoms with Crippen molar-refractivity contribution in [3.8, 4) is 0 Å². The van der Waals surface area contributed by atoms with E-state index < -0.39 is 0 Å². The summed E-state index contributed by atoms with van der Waals surface area (Å²) in [6, 6.07) is 11.4. The highest BCUT2D eigenvalue weighted by Gasteiger charge is 2.25. The molecule has 1 aliphatic rings. The van der Waals surface area contributed by atoms with E-state index in [9.17, 15) is 4.79 Å². The molecule has 114 valence electrons. The lowest BCUT2D eigenvalue weighted by molar-refractivity contribution is -0.115. The number of hydrogen-bond donors (Lipinski definition) is 1. The van der Waals surface area contributed by atoms with Gasteiger partial charge >= 0.3 is 0 Å². The molecular weight excluding hydrogens is 318 g/mol. The number of nitrogens with one attached hydrogen (secondary N) is 1. The number of hydrogen-bond acceptors (Lipinski definition) is 6. The molecule has 0 saturated carbocycles. The third-order valence-corrected chi connectivity index (χ3v) is 5.45.